The molecule has 0 aromatic rings. The summed E-state index contributed by atoms with van der Waals surface area (Å²) >= 11 is 0. The van der Waals surface area contributed by atoms with E-state index in [4.69, 9.17) is 5.11 Å². The number of nitrogens with one attached hydrogen (secondary N) is 2. The normalized spacial score (nSPS) is 11.6. The lowest BCUT2D eigenvalue weighted by molar-refractivity contribution is -0.137. The van der Waals surface area contributed by atoms with Crippen LogP contribution in [0, 0.1) is 0 Å². The molecule has 7 heteroatoms. The molecule has 0 fully saturated rings. The summed E-state index contributed by atoms with van der Waals surface area (Å²) in [4.78, 5) is 35.1. The lowest BCUT2D eigenvalue weighted by Gasteiger charge is -2.20. The Labute approximate surface area is 119 Å². The average Bonchev–Trinajstić information content (AvgIpc) is 2.37. The highest BCUT2D eigenvalue weighted by atomic mass is 16.4. The Morgan fingerprint density at radius 3 is 2.40 bits per heavy atom. The number of hydrogen-bond acceptors (Lipinski definition) is 3. The number of aliphatic carboxylic acids is 1. The third-order valence-electron chi connectivity index (χ3n) is 2.75. The van der Waals surface area contributed by atoms with Crippen LogP contribution in [0.15, 0.2) is 0 Å². The Hall–Kier alpha value is -1.79. The Bertz CT molecular complexity index is 334. The number of urea groups is 1. The molecule has 1 unspecified atom stereocenters. The molecule has 0 heterocycles. The zero-order chi connectivity index (χ0) is 15.5. The Balaban J connectivity index is 4.05. The number of carboxylic acids is 1. The Morgan fingerprint density at radius 2 is 1.90 bits per heavy atom. The second-order valence-electron chi connectivity index (χ2n) is 4.67. The van der Waals surface area contributed by atoms with E-state index in [1.807, 2.05) is 20.8 Å². The van der Waals surface area contributed by atoms with Gasteiger partial charge in [0.25, 0.3) is 0 Å². The monoisotopic (exact) mass is 287 g/mol. The van der Waals surface area contributed by atoms with Crippen molar-refractivity contribution in [2.75, 3.05) is 19.6 Å². The molecule has 0 aliphatic rings. The van der Waals surface area contributed by atoms with E-state index in [-0.39, 0.29) is 31.5 Å². The zero-order valence-electron chi connectivity index (χ0n) is 12.4. The summed E-state index contributed by atoms with van der Waals surface area (Å²) in [7, 11) is 0. The fourth-order valence-electron chi connectivity index (χ4n) is 1.53. The van der Waals surface area contributed by atoms with Gasteiger partial charge in [-0.1, -0.05) is 13.8 Å². The first kappa shape index (κ1) is 18.2. The van der Waals surface area contributed by atoms with Gasteiger partial charge in [0, 0.05) is 25.6 Å². The molecule has 7 nitrogen and oxygen atoms in total. The molecular formula is C13H25N3O4. The van der Waals surface area contributed by atoms with Crippen LogP contribution >= 0.6 is 0 Å². The van der Waals surface area contributed by atoms with Crippen LogP contribution in [0.3, 0.4) is 0 Å². The minimum atomic E-state index is -1.05. The smallest absolute Gasteiger partial charge is 0.323 e. The summed E-state index contributed by atoms with van der Waals surface area (Å²) in [5.41, 5.74) is 0. The maximum Gasteiger partial charge on any atom is 0.323 e. The van der Waals surface area contributed by atoms with Crippen LogP contribution in [-0.4, -0.2) is 53.6 Å². The summed E-state index contributed by atoms with van der Waals surface area (Å²) in [5, 5.41) is 14.1. The van der Waals surface area contributed by atoms with Gasteiger partial charge < -0.3 is 20.6 Å². The maximum absolute atomic E-state index is 11.7. The SMILES string of the molecule is CCCN(CC(=O)O)C(=O)NCCC(=O)NC(C)CC. The summed E-state index contributed by atoms with van der Waals surface area (Å²) in [6, 6.07) is -0.340. The number of rotatable bonds is 9. The summed E-state index contributed by atoms with van der Waals surface area (Å²) in [5.74, 6) is -1.18. The van der Waals surface area contributed by atoms with Crippen molar-refractivity contribution in [2.45, 2.75) is 46.1 Å². The quantitative estimate of drug-likeness (QED) is 0.584. The number of carboxylic acid groups (broad SMARTS) is 1. The van der Waals surface area contributed by atoms with Crippen LogP contribution in [0.25, 0.3) is 0 Å². The molecule has 0 aliphatic carbocycles. The minimum Gasteiger partial charge on any atom is -0.480 e. The van der Waals surface area contributed by atoms with Crippen LogP contribution in [0.4, 0.5) is 4.79 Å². The van der Waals surface area contributed by atoms with Gasteiger partial charge in [0.1, 0.15) is 6.54 Å². The van der Waals surface area contributed by atoms with E-state index in [2.05, 4.69) is 10.6 Å². The Morgan fingerprint density at radius 1 is 1.25 bits per heavy atom. The topological polar surface area (TPSA) is 98.7 Å². The molecule has 0 aromatic carbocycles. The molecule has 0 bridgehead atoms. The summed E-state index contributed by atoms with van der Waals surface area (Å²) in [6.07, 6.45) is 1.71. The Kier molecular flexibility index (Phi) is 9.15. The highest BCUT2D eigenvalue weighted by Gasteiger charge is 2.15. The van der Waals surface area contributed by atoms with Gasteiger partial charge in [-0.25, -0.2) is 4.79 Å². The third-order valence-corrected chi connectivity index (χ3v) is 2.75. The molecule has 116 valence electrons. The van der Waals surface area contributed by atoms with E-state index in [0.717, 1.165) is 6.42 Å². The van der Waals surface area contributed by atoms with Crippen molar-refractivity contribution in [2.24, 2.45) is 0 Å². The molecule has 0 rings (SSSR count). The van der Waals surface area contributed by atoms with Crippen LogP contribution in [0.5, 0.6) is 0 Å². The predicted octanol–water partition coefficient (Wildman–Crippen LogP) is 0.797. The zero-order valence-corrected chi connectivity index (χ0v) is 12.4. The van der Waals surface area contributed by atoms with Crippen LogP contribution < -0.4 is 10.6 Å². The molecule has 1 atom stereocenters. The van der Waals surface area contributed by atoms with Gasteiger partial charge >= 0.3 is 12.0 Å². The van der Waals surface area contributed by atoms with Gasteiger partial charge in [-0.05, 0) is 19.8 Å². The van der Waals surface area contributed by atoms with E-state index in [1.165, 1.54) is 4.90 Å². The maximum atomic E-state index is 11.7. The molecule has 0 aromatic heterocycles. The van der Waals surface area contributed by atoms with E-state index < -0.39 is 12.0 Å². The number of hydrogen-bond donors (Lipinski definition) is 3. The van der Waals surface area contributed by atoms with Crippen molar-refractivity contribution in [1.82, 2.24) is 15.5 Å². The first-order valence-electron chi connectivity index (χ1n) is 6.94. The lowest BCUT2D eigenvalue weighted by Crippen LogP contribution is -2.44. The number of carbonyl (C=O) groups is 3. The van der Waals surface area contributed by atoms with E-state index in [1.54, 1.807) is 0 Å². The van der Waals surface area contributed by atoms with Crippen molar-refractivity contribution in [1.29, 1.82) is 0 Å². The average molecular weight is 287 g/mol. The van der Waals surface area contributed by atoms with Crippen LogP contribution in [0.1, 0.15) is 40.0 Å². The summed E-state index contributed by atoms with van der Waals surface area (Å²) in [6.45, 7) is 5.98. The summed E-state index contributed by atoms with van der Waals surface area (Å²) < 4.78 is 0. The minimum absolute atomic E-state index is 0.113. The fraction of sp³-hybridized carbons (Fsp3) is 0.769. The van der Waals surface area contributed by atoms with Crippen molar-refractivity contribution in [3.8, 4) is 0 Å². The fourth-order valence-corrected chi connectivity index (χ4v) is 1.53. The van der Waals surface area contributed by atoms with Gasteiger partial charge in [-0.15, -0.1) is 0 Å². The van der Waals surface area contributed by atoms with Gasteiger partial charge in [0.05, 0.1) is 0 Å². The van der Waals surface area contributed by atoms with Crippen molar-refractivity contribution in [3.63, 3.8) is 0 Å². The number of amides is 3. The second kappa shape index (κ2) is 10.1. The highest BCUT2D eigenvalue weighted by molar-refractivity contribution is 5.81. The molecule has 0 saturated carbocycles. The van der Waals surface area contributed by atoms with Crippen molar-refractivity contribution >= 4 is 17.9 Å². The van der Waals surface area contributed by atoms with E-state index in [9.17, 15) is 14.4 Å². The van der Waals surface area contributed by atoms with E-state index >= 15 is 0 Å². The van der Waals surface area contributed by atoms with Crippen molar-refractivity contribution < 1.29 is 19.5 Å². The largest absolute Gasteiger partial charge is 0.480 e. The first-order chi connectivity index (χ1) is 9.40. The molecular weight excluding hydrogens is 262 g/mol. The van der Waals surface area contributed by atoms with E-state index in [0.29, 0.717) is 13.0 Å². The lowest BCUT2D eigenvalue weighted by atomic mass is 10.2. The van der Waals surface area contributed by atoms with Gasteiger partial charge in [0.15, 0.2) is 0 Å². The highest BCUT2D eigenvalue weighted by Crippen LogP contribution is 1.94. The van der Waals surface area contributed by atoms with Crippen LogP contribution in [0.2, 0.25) is 0 Å². The third kappa shape index (κ3) is 8.34. The first-order valence-corrected chi connectivity index (χ1v) is 6.94. The molecule has 0 spiro atoms. The molecule has 3 N–H and O–H groups in total. The van der Waals surface area contributed by atoms with Gasteiger partial charge in [-0.2, -0.15) is 0 Å². The second-order valence-corrected chi connectivity index (χ2v) is 4.67. The molecule has 0 radical (unpaired) electrons. The predicted molar refractivity (Wildman–Crippen MR) is 75.4 cm³/mol. The molecule has 3 amide bonds. The number of nitrogens with zero attached hydrogens (tertiary/aromatic N) is 1. The molecule has 0 aliphatic heterocycles. The van der Waals surface area contributed by atoms with Gasteiger partial charge in [-0.3, -0.25) is 9.59 Å². The van der Waals surface area contributed by atoms with Crippen LogP contribution in [-0.2, 0) is 9.59 Å². The van der Waals surface area contributed by atoms with Crippen molar-refractivity contribution in [3.05, 3.63) is 0 Å². The standard InChI is InChI=1S/C13H25N3O4/c1-4-8-16(9-12(18)19)13(20)14-7-6-11(17)15-10(3)5-2/h10H,4-9H2,1-3H3,(H,14,20)(H,15,17)(H,18,19). The molecule has 20 heavy (non-hydrogen) atoms. The molecule has 0 saturated heterocycles. The number of carbonyl (C=O) groups excluding carboxylic acids is 2. The van der Waals surface area contributed by atoms with Gasteiger partial charge in [0.2, 0.25) is 5.91 Å².